The first-order chi connectivity index (χ1) is 8.03. The maximum Gasteiger partial charge on any atom is 0.241 e. The second kappa shape index (κ2) is 5.02. The standard InChI is InChI=1S/C14H23NO2S/c1-10(2)12-9-11(3)7-8-13(12)18(16,17)15-14(4,5)6/h7-10,15H,1-6H3. The lowest BCUT2D eigenvalue weighted by atomic mass is 10.0. The summed E-state index contributed by atoms with van der Waals surface area (Å²) in [5, 5.41) is 0. The molecule has 0 heterocycles. The van der Waals surface area contributed by atoms with Gasteiger partial charge in [-0.05, 0) is 45.2 Å². The first-order valence-electron chi connectivity index (χ1n) is 6.17. The van der Waals surface area contributed by atoms with Crippen LogP contribution in [0.15, 0.2) is 23.1 Å². The van der Waals surface area contributed by atoms with E-state index in [0.717, 1.165) is 11.1 Å². The van der Waals surface area contributed by atoms with Crippen molar-refractivity contribution < 1.29 is 8.42 Å². The molecule has 0 radical (unpaired) electrons. The van der Waals surface area contributed by atoms with Crippen molar-refractivity contribution in [1.82, 2.24) is 4.72 Å². The summed E-state index contributed by atoms with van der Waals surface area (Å²) in [5.41, 5.74) is 1.47. The molecule has 0 unspecified atom stereocenters. The van der Waals surface area contributed by atoms with Gasteiger partial charge in [-0.25, -0.2) is 13.1 Å². The molecule has 1 rings (SSSR count). The molecule has 1 N–H and O–H groups in total. The highest BCUT2D eigenvalue weighted by atomic mass is 32.2. The first-order valence-corrected chi connectivity index (χ1v) is 7.66. The largest absolute Gasteiger partial charge is 0.241 e. The SMILES string of the molecule is Cc1ccc(S(=O)(=O)NC(C)(C)C)c(C(C)C)c1. The van der Waals surface area contributed by atoms with Crippen molar-refractivity contribution in [1.29, 1.82) is 0 Å². The summed E-state index contributed by atoms with van der Waals surface area (Å²) in [7, 11) is -3.46. The Balaban J connectivity index is 3.33. The third-order valence-corrected chi connectivity index (χ3v) is 4.35. The van der Waals surface area contributed by atoms with Crippen LogP contribution in [0.4, 0.5) is 0 Å². The van der Waals surface area contributed by atoms with Crippen LogP contribution in [0.5, 0.6) is 0 Å². The summed E-state index contributed by atoms with van der Waals surface area (Å²) in [5.74, 6) is 0.177. The molecule has 4 heteroatoms. The molecule has 102 valence electrons. The Morgan fingerprint density at radius 1 is 1.17 bits per heavy atom. The number of rotatable bonds is 3. The summed E-state index contributed by atoms with van der Waals surface area (Å²) in [6.45, 7) is 11.5. The van der Waals surface area contributed by atoms with E-state index in [1.807, 2.05) is 53.7 Å². The second-order valence-electron chi connectivity index (χ2n) is 6.05. The molecule has 0 amide bonds. The van der Waals surface area contributed by atoms with E-state index in [1.54, 1.807) is 6.07 Å². The number of hydrogen-bond acceptors (Lipinski definition) is 2. The van der Waals surface area contributed by atoms with Crippen LogP contribution in [0.3, 0.4) is 0 Å². The summed E-state index contributed by atoms with van der Waals surface area (Å²) < 4.78 is 27.4. The van der Waals surface area contributed by atoms with Crippen molar-refractivity contribution in [3.05, 3.63) is 29.3 Å². The fourth-order valence-electron chi connectivity index (χ4n) is 1.82. The molecule has 1 aromatic carbocycles. The molecule has 0 fully saturated rings. The Hall–Kier alpha value is -0.870. The molecular formula is C14H23NO2S. The van der Waals surface area contributed by atoms with Gasteiger partial charge in [0.05, 0.1) is 4.90 Å². The molecule has 0 atom stereocenters. The highest BCUT2D eigenvalue weighted by molar-refractivity contribution is 7.89. The molecule has 0 aliphatic heterocycles. The lowest BCUT2D eigenvalue weighted by molar-refractivity contribution is 0.490. The molecule has 0 bridgehead atoms. The van der Waals surface area contributed by atoms with Crippen molar-refractivity contribution in [3.63, 3.8) is 0 Å². The van der Waals surface area contributed by atoms with Crippen molar-refractivity contribution in [2.45, 2.75) is 57.9 Å². The third kappa shape index (κ3) is 3.82. The van der Waals surface area contributed by atoms with Crippen LogP contribution in [-0.4, -0.2) is 14.0 Å². The minimum atomic E-state index is -3.46. The minimum absolute atomic E-state index is 0.177. The summed E-state index contributed by atoms with van der Waals surface area (Å²) in [6.07, 6.45) is 0. The molecule has 0 saturated carbocycles. The maximum atomic E-state index is 12.4. The van der Waals surface area contributed by atoms with Gasteiger partial charge < -0.3 is 0 Å². The van der Waals surface area contributed by atoms with E-state index in [1.165, 1.54) is 0 Å². The van der Waals surface area contributed by atoms with E-state index in [-0.39, 0.29) is 5.92 Å². The summed E-state index contributed by atoms with van der Waals surface area (Å²) >= 11 is 0. The van der Waals surface area contributed by atoms with Crippen molar-refractivity contribution >= 4 is 10.0 Å². The van der Waals surface area contributed by atoms with Gasteiger partial charge in [0.2, 0.25) is 10.0 Å². The molecule has 0 spiro atoms. The van der Waals surface area contributed by atoms with E-state index < -0.39 is 15.6 Å². The highest BCUT2D eigenvalue weighted by Crippen LogP contribution is 2.25. The third-order valence-electron chi connectivity index (χ3n) is 2.52. The van der Waals surface area contributed by atoms with Gasteiger partial charge in [0.15, 0.2) is 0 Å². The van der Waals surface area contributed by atoms with Gasteiger partial charge in [-0.3, -0.25) is 0 Å². The number of hydrogen-bond donors (Lipinski definition) is 1. The molecule has 1 aromatic rings. The molecular weight excluding hydrogens is 246 g/mol. The van der Waals surface area contributed by atoms with Crippen LogP contribution in [0.25, 0.3) is 0 Å². The van der Waals surface area contributed by atoms with Crippen LogP contribution in [0, 0.1) is 6.92 Å². The zero-order valence-corrected chi connectivity index (χ0v) is 12.9. The van der Waals surface area contributed by atoms with Crippen molar-refractivity contribution in [2.75, 3.05) is 0 Å². The normalized spacial score (nSPS) is 13.1. The van der Waals surface area contributed by atoms with Crippen molar-refractivity contribution in [3.8, 4) is 0 Å². The smallest absolute Gasteiger partial charge is 0.207 e. The number of aryl methyl sites for hydroxylation is 1. The lowest BCUT2D eigenvalue weighted by Crippen LogP contribution is -2.40. The summed E-state index contributed by atoms with van der Waals surface area (Å²) in [6, 6.07) is 5.48. The summed E-state index contributed by atoms with van der Waals surface area (Å²) in [4.78, 5) is 0.387. The molecule has 0 aliphatic rings. The Kier molecular flexibility index (Phi) is 4.23. The molecule has 18 heavy (non-hydrogen) atoms. The molecule has 3 nitrogen and oxygen atoms in total. The van der Waals surface area contributed by atoms with E-state index in [4.69, 9.17) is 0 Å². The Morgan fingerprint density at radius 2 is 1.72 bits per heavy atom. The quantitative estimate of drug-likeness (QED) is 0.916. The maximum absolute atomic E-state index is 12.4. The van der Waals surface area contributed by atoms with Crippen LogP contribution >= 0.6 is 0 Å². The fraction of sp³-hybridized carbons (Fsp3) is 0.571. The van der Waals surface area contributed by atoms with Crippen LogP contribution < -0.4 is 4.72 Å². The van der Waals surface area contributed by atoms with E-state index in [9.17, 15) is 8.42 Å². The van der Waals surface area contributed by atoms with Crippen molar-refractivity contribution in [2.24, 2.45) is 0 Å². The van der Waals surface area contributed by atoms with Crippen LogP contribution in [0.2, 0.25) is 0 Å². The zero-order chi connectivity index (χ0) is 14.1. The van der Waals surface area contributed by atoms with E-state index >= 15 is 0 Å². The van der Waals surface area contributed by atoms with Gasteiger partial charge >= 0.3 is 0 Å². The monoisotopic (exact) mass is 269 g/mol. The second-order valence-corrected chi connectivity index (χ2v) is 7.70. The lowest BCUT2D eigenvalue weighted by Gasteiger charge is -2.22. The molecule has 0 saturated heterocycles. The average molecular weight is 269 g/mol. The number of sulfonamides is 1. The Morgan fingerprint density at radius 3 is 2.17 bits per heavy atom. The van der Waals surface area contributed by atoms with E-state index in [2.05, 4.69) is 4.72 Å². The van der Waals surface area contributed by atoms with Crippen LogP contribution in [-0.2, 0) is 10.0 Å². The Bertz CT molecular complexity index is 525. The van der Waals surface area contributed by atoms with Crippen LogP contribution in [0.1, 0.15) is 51.7 Å². The van der Waals surface area contributed by atoms with E-state index in [0.29, 0.717) is 4.90 Å². The topological polar surface area (TPSA) is 46.2 Å². The van der Waals surface area contributed by atoms with Gasteiger partial charge in [-0.2, -0.15) is 0 Å². The number of benzene rings is 1. The van der Waals surface area contributed by atoms with Gasteiger partial charge in [0.25, 0.3) is 0 Å². The number of nitrogens with one attached hydrogen (secondary N) is 1. The molecule has 0 aromatic heterocycles. The predicted octanol–water partition coefficient (Wildman–Crippen LogP) is 3.20. The van der Waals surface area contributed by atoms with Gasteiger partial charge in [-0.1, -0.05) is 31.5 Å². The molecule has 0 aliphatic carbocycles. The van der Waals surface area contributed by atoms with Gasteiger partial charge in [-0.15, -0.1) is 0 Å². The Labute approximate surface area is 111 Å². The highest BCUT2D eigenvalue weighted by Gasteiger charge is 2.25. The predicted molar refractivity (Wildman–Crippen MR) is 75.3 cm³/mol. The first kappa shape index (κ1) is 15.2. The minimum Gasteiger partial charge on any atom is -0.207 e. The fourth-order valence-corrected chi connectivity index (χ4v) is 3.59. The average Bonchev–Trinajstić information content (AvgIpc) is 2.12. The zero-order valence-electron chi connectivity index (χ0n) is 12.0. The van der Waals surface area contributed by atoms with Gasteiger partial charge in [0, 0.05) is 5.54 Å². The van der Waals surface area contributed by atoms with Gasteiger partial charge in [0.1, 0.15) is 0 Å².